The predicted molar refractivity (Wildman–Crippen MR) is 74.3 cm³/mol. The first-order chi connectivity index (χ1) is 11.2. The lowest BCUT2D eigenvalue weighted by molar-refractivity contribution is -0.170. The lowest BCUT2D eigenvalue weighted by atomic mass is 9.98. The Bertz CT molecular complexity index is 732. The van der Waals surface area contributed by atoms with Gasteiger partial charge in [0.05, 0.1) is 5.56 Å². The number of fused-ring (bicyclic) bond motifs is 1. The van der Waals surface area contributed by atoms with Crippen LogP contribution < -0.4 is 5.32 Å². The Balaban J connectivity index is 1.83. The van der Waals surface area contributed by atoms with E-state index in [1.54, 1.807) is 0 Å². The molecule has 2 atom stereocenters. The molecule has 6 nitrogen and oxygen atoms in total. The van der Waals surface area contributed by atoms with Crippen LogP contribution in [0, 0.1) is 0 Å². The van der Waals surface area contributed by atoms with Gasteiger partial charge in [-0.25, -0.2) is 4.79 Å². The van der Waals surface area contributed by atoms with E-state index >= 15 is 0 Å². The van der Waals surface area contributed by atoms with Crippen LogP contribution in [0.3, 0.4) is 0 Å². The molecule has 128 valence electrons. The Morgan fingerprint density at radius 3 is 2.54 bits per heavy atom. The SMILES string of the molecule is O=C(O)c1cccc2c1CN(C1CCC(C(F)(F)F)NC1=O)C2=O. The highest BCUT2D eigenvalue weighted by Gasteiger charge is 2.47. The van der Waals surface area contributed by atoms with Gasteiger partial charge in [-0.1, -0.05) is 6.07 Å². The number of nitrogens with one attached hydrogen (secondary N) is 1. The average Bonchev–Trinajstić information content (AvgIpc) is 2.83. The van der Waals surface area contributed by atoms with Crippen LogP contribution in [0.15, 0.2) is 18.2 Å². The molecule has 2 aliphatic rings. The molecule has 0 aromatic heterocycles. The molecule has 2 aliphatic heterocycles. The number of nitrogens with zero attached hydrogens (tertiary/aromatic N) is 1. The molecule has 24 heavy (non-hydrogen) atoms. The number of benzene rings is 1. The number of hydrogen-bond donors (Lipinski definition) is 2. The summed E-state index contributed by atoms with van der Waals surface area (Å²) in [4.78, 5) is 36.8. The van der Waals surface area contributed by atoms with E-state index in [0.717, 1.165) is 4.90 Å². The van der Waals surface area contributed by atoms with Crippen molar-refractivity contribution in [2.75, 3.05) is 0 Å². The number of rotatable bonds is 2. The van der Waals surface area contributed by atoms with Gasteiger partial charge in [0, 0.05) is 12.1 Å². The third-order valence-electron chi connectivity index (χ3n) is 4.35. The van der Waals surface area contributed by atoms with Crippen LogP contribution in [0.2, 0.25) is 0 Å². The third kappa shape index (κ3) is 2.59. The van der Waals surface area contributed by atoms with Crippen LogP contribution in [-0.2, 0) is 11.3 Å². The molecule has 1 saturated heterocycles. The average molecular weight is 342 g/mol. The number of amides is 2. The molecule has 0 saturated carbocycles. The number of carbonyl (C=O) groups is 3. The number of carbonyl (C=O) groups excluding carboxylic acids is 2. The van der Waals surface area contributed by atoms with Crippen LogP contribution in [0.4, 0.5) is 13.2 Å². The van der Waals surface area contributed by atoms with Crippen molar-refractivity contribution in [3.63, 3.8) is 0 Å². The summed E-state index contributed by atoms with van der Waals surface area (Å²) < 4.78 is 38.1. The van der Waals surface area contributed by atoms with E-state index < -0.39 is 36.0 Å². The first kappa shape index (κ1) is 16.3. The van der Waals surface area contributed by atoms with Gasteiger partial charge in [-0.05, 0) is 30.5 Å². The lowest BCUT2D eigenvalue weighted by Gasteiger charge is -2.34. The van der Waals surface area contributed by atoms with Crippen LogP contribution in [0.5, 0.6) is 0 Å². The molecular formula is C15H13F3N2O4. The Hall–Kier alpha value is -2.58. The van der Waals surface area contributed by atoms with Crippen LogP contribution in [-0.4, -0.2) is 46.1 Å². The van der Waals surface area contributed by atoms with Gasteiger partial charge in [0.2, 0.25) is 5.91 Å². The van der Waals surface area contributed by atoms with E-state index in [2.05, 4.69) is 0 Å². The molecule has 0 aliphatic carbocycles. The highest BCUT2D eigenvalue weighted by molar-refractivity contribution is 6.04. The number of aromatic carboxylic acids is 1. The number of halogens is 3. The molecular weight excluding hydrogens is 329 g/mol. The van der Waals surface area contributed by atoms with Gasteiger partial charge in [-0.3, -0.25) is 9.59 Å². The number of hydrogen-bond acceptors (Lipinski definition) is 3. The molecule has 3 rings (SSSR count). The summed E-state index contributed by atoms with van der Waals surface area (Å²) in [6.07, 6.45) is -4.99. The van der Waals surface area contributed by atoms with Crippen LogP contribution in [0.1, 0.15) is 39.1 Å². The van der Waals surface area contributed by atoms with Crippen LogP contribution >= 0.6 is 0 Å². The Kier molecular flexibility index (Phi) is 3.73. The first-order valence-electron chi connectivity index (χ1n) is 7.23. The number of carboxylic acids is 1. The maximum absolute atomic E-state index is 12.7. The third-order valence-corrected chi connectivity index (χ3v) is 4.35. The van der Waals surface area contributed by atoms with Crippen LogP contribution in [0.25, 0.3) is 0 Å². The van der Waals surface area contributed by atoms with Crippen molar-refractivity contribution >= 4 is 17.8 Å². The second-order valence-electron chi connectivity index (χ2n) is 5.77. The largest absolute Gasteiger partial charge is 0.478 e. The fourth-order valence-corrected chi connectivity index (χ4v) is 3.15. The minimum Gasteiger partial charge on any atom is -0.478 e. The van der Waals surface area contributed by atoms with Gasteiger partial charge >= 0.3 is 12.1 Å². The standard InChI is InChI=1S/C15H13F3N2O4/c16-15(17,18)11-5-4-10(12(21)19-11)20-6-9-7(13(20)22)2-1-3-8(9)14(23)24/h1-3,10-11H,4-6H2,(H,19,21)(H,23,24). The van der Waals surface area contributed by atoms with Gasteiger partial charge in [-0.2, -0.15) is 13.2 Å². The van der Waals surface area contributed by atoms with Gasteiger partial charge < -0.3 is 15.3 Å². The second-order valence-corrected chi connectivity index (χ2v) is 5.77. The highest BCUT2D eigenvalue weighted by Crippen LogP contribution is 2.32. The van der Waals surface area contributed by atoms with Gasteiger partial charge in [0.1, 0.15) is 12.1 Å². The van der Waals surface area contributed by atoms with Crippen molar-refractivity contribution in [1.29, 1.82) is 0 Å². The smallest absolute Gasteiger partial charge is 0.408 e. The molecule has 0 bridgehead atoms. The molecule has 1 aromatic carbocycles. The molecule has 9 heteroatoms. The van der Waals surface area contributed by atoms with E-state index in [4.69, 9.17) is 0 Å². The van der Waals surface area contributed by atoms with E-state index in [1.165, 1.54) is 18.2 Å². The molecule has 2 amide bonds. The maximum Gasteiger partial charge on any atom is 0.408 e. The van der Waals surface area contributed by atoms with Gasteiger partial charge in [0.25, 0.3) is 5.91 Å². The second kappa shape index (κ2) is 5.50. The van der Waals surface area contributed by atoms with Crippen molar-refractivity contribution in [3.8, 4) is 0 Å². The predicted octanol–water partition coefficient (Wildman–Crippen LogP) is 1.55. The summed E-state index contributed by atoms with van der Waals surface area (Å²) in [5, 5.41) is 11.1. The van der Waals surface area contributed by atoms with Gasteiger partial charge in [-0.15, -0.1) is 0 Å². The van der Waals surface area contributed by atoms with E-state index in [1.807, 2.05) is 5.32 Å². The summed E-state index contributed by atoms with van der Waals surface area (Å²) in [6.45, 7) is -0.106. The minimum absolute atomic E-state index is 0.0484. The maximum atomic E-state index is 12.7. The number of carboxylic acid groups (broad SMARTS) is 1. The zero-order valence-electron chi connectivity index (χ0n) is 12.3. The van der Waals surface area contributed by atoms with E-state index in [0.29, 0.717) is 0 Å². The highest BCUT2D eigenvalue weighted by atomic mass is 19.4. The molecule has 2 heterocycles. The number of alkyl halides is 3. The molecule has 1 aromatic rings. The van der Waals surface area contributed by atoms with E-state index in [-0.39, 0.29) is 36.1 Å². The molecule has 2 N–H and O–H groups in total. The summed E-state index contributed by atoms with van der Waals surface area (Å²) in [5.74, 6) is -2.62. The lowest BCUT2D eigenvalue weighted by Crippen LogP contribution is -2.58. The summed E-state index contributed by atoms with van der Waals surface area (Å²) >= 11 is 0. The molecule has 2 unspecified atom stereocenters. The summed E-state index contributed by atoms with van der Waals surface area (Å²) in [5.41, 5.74) is 0.397. The topological polar surface area (TPSA) is 86.7 Å². The Morgan fingerprint density at radius 2 is 1.96 bits per heavy atom. The fourth-order valence-electron chi connectivity index (χ4n) is 3.15. The quantitative estimate of drug-likeness (QED) is 0.854. The Morgan fingerprint density at radius 1 is 1.25 bits per heavy atom. The fraction of sp³-hybridized carbons (Fsp3) is 0.400. The van der Waals surface area contributed by atoms with Gasteiger partial charge in [0.15, 0.2) is 0 Å². The minimum atomic E-state index is -4.53. The van der Waals surface area contributed by atoms with E-state index in [9.17, 15) is 32.7 Å². The van der Waals surface area contributed by atoms with Crippen molar-refractivity contribution in [3.05, 3.63) is 34.9 Å². The van der Waals surface area contributed by atoms with Crippen molar-refractivity contribution < 1.29 is 32.7 Å². The monoisotopic (exact) mass is 342 g/mol. The zero-order valence-corrected chi connectivity index (χ0v) is 12.3. The number of piperidine rings is 1. The first-order valence-corrected chi connectivity index (χ1v) is 7.23. The molecule has 1 fully saturated rings. The normalized spacial score (nSPS) is 23.9. The Labute approximate surface area is 134 Å². The van der Waals surface area contributed by atoms with Crippen molar-refractivity contribution in [2.45, 2.75) is 37.6 Å². The molecule has 0 radical (unpaired) electrons. The zero-order chi connectivity index (χ0) is 17.6. The molecule has 0 spiro atoms. The summed E-state index contributed by atoms with van der Waals surface area (Å²) in [6, 6.07) is 1.26. The summed E-state index contributed by atoms with van der Waals surface area (Å²) in [7, 11) is 0. The van der Waals surface area contributed by atoms with Crippen molar-refractivity contribution in [2.24, 2.45) is 0 Å². The van der Waals surface area contributed by atoms with Crippen molar-refractivity contribution in [1.82, 2.24) is 10.2 Å².